The Morgan fingerprint density at radius 1 is 1.19 bits per heavy atom. The van der Waals surface area contributed by atoms with Crippen LogP contribution in [0.4, 0.5) is 17.1 Å². The van der Waals surface area contributed by atoms with Gasteiger partial charge in [-0.1, -0.05) is 19.1 Å². The molecular weight excluding hydrogens is 370 g/mol. The lowest BCUT2D eigenvalue weighted by molar-refractivity contribution is -0.384. The van der Waals surface area contributed by atoms with Gasteiger partial charge in [-0.25, -0.2) is 13.1 Å². The highest BCUT2D eigenvalue weighted by atomic mass is 32.2. The van der Waals surface area contributed by atoms with Gasteiger partial charge in [0.05, 0.1) is 16.4 Å². The van der Waals surface area contributed by atoms with Gasteiger partial charge in [-0.2, -0.15) is 0 Å². The van der Waals surface area contributed by atoms with E-state index in [1.165, 1.54) is 19.2 Å². The summed E-state index contributed by atoms with van der Waals surface area (Å²) >= 11 is 0. The highest BCUT2D eigenvalue weighted by Crippen LogP contribution is 2.30. The van der Waals surface area contributed by atoms with E-state index in [0.717, 1.165) is 18.1 Å². The first-order valence-corrected chi connectivity index (χ1v) is 9.90. The Balaban J connectivity index is 2.31. The fourth-order valence-corrected chi connectivity index (χ4v) is 3.78. The first-order chi connectivity index (χ1) is 12.8. The minimum atomic E-state index is -3.90. The number of hydrogen-bond donors (Lipinski definition) is 2. The number of rotatable bonds is 9. The van der Waals surface area contributed by atoms with Crippen molar-refractivity contribution >= 4 is 27.1 Å². The van der Waals surface area contributed by atoms with Gasteiger partial charge < -0.3 is 10.1 Å². The van der Waals surface area contributed by atoms with Crippen LogP contribution in [0, 0.1) is 10.1 Å². The Hall–Kier alpha value is -2.49. The molecule has 0 aliphatic rings. The molecule has 0 saturated heterocycles. The van der Waals surface area contributed by atoms with Crippen LogP contribution in [0.1, 0.15) is 19.4 Å². The number of ether oxygens (including phenoxy) is 1. The third-order valence-corrected chi connectivity index (χ3v) is 5.48. The number of nitrogens with zero attached hydrogens (tertiary/aromatic N) is 1. The Kier molecular flexibility index (Phi) is 6.89. The van der Waals surface area contributed by atoms with E-state index in [4.69, 9.17) is 4.74 Å². The minimum absolute atomic E-state index is 0.177. The Labute approximate surface area is 158 Å². The van der Waals surface area contributed by atoms with Crippen molar-refractivity contribution in [2.75, 3.05) is 19.0 Å². The predicted octanol–water partition coefficient (Wildman–Crippen LogP) is 3.21. The molecule has 8 nitrogen and oxygen atoms in total. The highest BCUT2D eigenvalue weighted by molar-refractivity contribution is 7.89. The third kappa shape index (κ3) is 5.49. The SMILES string of the molecule is CCc1ccc(Nc2ccc(S(=O)(=O)N[C@H](C)COC)cc2[N+](=O)[O-])cc1. The van der Waals surface area contributed by atoms with E-state index in [9.17, 15) is 18.5 Å². The van der Waals surface area contributed by atoms with Crippen molar-refractivity contribution in [1.29, 1.82) is 0 Å². The van der Waals surface area contributed by atoms with Gasteiger partial charge in [0.15, 0.2) is 0 Å². The largest absolute Gasteiger partial charge is 0.383 e. The van der Waals surface area contributed by atoms with Crippen LogP contribution in [0.2, 0.25) is 0 Å². The number of nitro groups is 1. The lowest BCUT2D eigenvalue weighted by atomic mass is 10.1. The molecule has 2 rings (SSSR count). The molecule has 0 bridgehead atoms. The molecule has 0 amide bonds. The number of benzene rings is 2. The van der Waals surface area contributed by atoms with E-state index in [1.807, 2.05) is 31.2 Å². The molecule has 0 heterocycles. The molecule has 2 aromatic carbocycles. The van der Waals surface area contributed by atoms with E-state index < -0.39 is 21.0 Å². The smallest absolute Gasteiger partial charge is 0.294 e. The summed E-state index contributed by atoms with van der Waals surface area (Å²) < 4.78 is 32.2. The normalized spacial score (nSPS) is 12.6. The van der Waals surface area contributed by atoms with Crippen LogP contribution in [-0.4, -0.2) is 33.1 Å². The molecule has 27 heavy (non-hydrogen) atoms. The summed E-state index contributed by atoms with van der Waals surface area (Å²) in [5.74, 6) is 0. The van der Waals surface area contributed by atoms with Crippen molar-refractivity contribution in [2.24, 2.45) is 0 Å². The second-order valence-corrected chi connectivity index (χ2v) is 7.80. The molecule has 0 radical (unpaired) electrons. The van der Waals surface area contributed by atoms with E-state index in [2.05, 4.69) is 10.0 Å². The zero-order valence-corrected chi connectivity index (χ0v) is 16.2. The second kappa shape index (κ2) is 8.94. The zero-order chi connectivity index (χ0) is 20.0. The fraction of sp³-hybridized carbons (Fsp3) is 0.333. The van der Waals surface area contributed by atoms with Crippen molar-refractivity contribution in [3.8, 4) is 0 Å². The molecule has 0 aliphatic heterocycles. The molecule has 0 aliphatic carbocycles. The molecule has 9 heteroatoms. The van der Waals surface area contributed by atoms with Crippen LogP contribution in [0.3, 0.4) is 0 Å². The van der Waals surface area contributed by atoms with Crippen LogP contribution in [0.25, 0.3) is 0 Å². The minimum Gasteiger partial charge on any atom is -0.383 e. The van der Waals surface area contributed by atoms with Gasteiger partial charge in [0, 0.05) is 24.9 Å². The number of sulfonamides is 1. The lowest BCUT2D eigenvalue weighted by Gasteiger charge is -2.14. The number of hydrogen-bond acceptors (Lipinski definition) is 6. The van der Waals surface area contributed by atoms with Crippen LogP contribution in [-0.2, 0) is 21.2 Å². The van der Waals surface area contributed by atoms with E-state index in [0.29, 0.717) is 5.69 Å². The molecule has 2 N–H and O–H groups in total. The number of aryl methyl sites for hydroxylation is 1. The topological polar surface area (TPSA) is 111 Å². The Bertz CT molecular complexity index is 898. The monoisotopic (exact) mass is 393 g/mol. The second-order valence-electron chi connectivity index (χ2n) is 6.09. The average Bonchev–Trinajstić information content (AvgIpc) is 2.62. The molecule has 2 aromatic rings. The maximum absolute atomic E-state index is 12.4. The van der Waals surface area contributed by atoms with Gasteiger partial charge in [0.25, 0.3) is 5.69 Å². The van der Waals surface area contributed by atoms with E-state index >= 15 is 0 Å². The third-order valence-electron chi connectivity index (χ3n) is 3.89. The van der Waals surface area contributed by atoms with Crippen LogP contribution >= 0.6 is 0 Å². The lowest BCUT2D eigenvalue weighted by Crippen LogP contribution is -2.35. The number of nitro benzene ring substituents is 1. The van der Waals surface area contributed by atoms with Crippen LogP contribution in [0.5, 0.6) is 0 Å². The molecule has 146 valence electrons. The maximum atomic E-state index is 12.4. The molecule has 1 atom stereocenters. The van der Waals surface area contributed by atoms with Gasteiger partial charge in [-0.3, -0.25) is 10.1 Å². The summed E-state index contributed by atoms with van der Waals surface area (Å²) in [7, 11) is -2.44. The Morgan fingerprint density at radius 3 is 2.41 bits per heavy atom. The van der Waals surface area contributed by atoms with Gasteiger partial charge in [-0.15, -0.1) is 0 Å². The maximum Gasteiger partial charge on any atom is 0.294 e. The fourth-order valence-electron chi connectivity index (χ4n) is 2.53. The van der Waals surface area contributed by atoms with Crippen molar-refractivity contribution < 1.29 is 18.1 Å². The number of methoxy groups -OCH3 is 1. The standard InChI is InChI=1S/C18H23N3O5S/c1-4-14-5-7-15(8-6-14)19-17-10-9-16(11-18(17)21(22)23)27(24,25)20-13(2)12-26-3/h5-11,13,19-20H,4,12H2,1-3H3/t13-/m1/s1. The summed E-state index contributed by atoms with van der Waals surface area (Å²) in [4.78, 5) is 10.7. The molecule has 0 aromatic heterocycles. The molecule has 0 fully saturated rings. The molecule has 0 unspecified atom stereocenters. The van der Waals surface area contributed by atoms with Crippen molar-refractivity contribution in [3.63, 3.8) is 0 Å². The summed E-state index contributed by atoms with van der Waals surface area (Å²) in [6.45, 7) is 3.87. The summed E-state index contributed by atoms with van der Waals surface area (Å²) in [6.07, 6.45) is 0.890. The quantitative estimate of drug-likeness (QED) is 0.500. The van der Waals surface area contributed by atoms with Crippen molar-refractivity contribution in [2.45, 2.75) is 31.2 Å². The first kappa shape index (κ1) is 20.8. The van der Waals surface area contributed by atoms with Gasteiger partial charge in [0.2, 0.25) is 10.0 Å². The first-order valence-electron chi connectivity index (χ1n) is 8.42. The predicted molar refractivity (Wildman–Crippen MR) is 104 cm³/mol. The number of nitrogens with one attached hydrogen (secondary N) is 2. The van der Waals surface area contributed by atoms with Crippen LogP contribution < -0.4 is 10.0 Å². The Morgan fingerprint density at radius 2 is 1.85 bits per heavy atom. The van der Waals surface area contributed by atoms with Crippen molar-refractivity contribution in [1.82, 2.24) is 4.72 Å². The summed E-state index contributed by atoms with van der Waals surface area (Å²) in [5.41, 5.74) is 1.72. The highest BCUT2D eigenvalue weighted by Gasteiger charge is 2.23. The summed E-state index contributed by atoms with van der Waals surface area (Å²) in [6, 6.07) is 10.8. The summed E-state index contributed by atoms with van der Waals surface area (Å²) in [5, 5.41) is 14.4. The van der Waals surface area contributed by atoms with Crippen LogP contribution in [0.15, 0.2) is 47.4 Å². The van der Waals surface area contributed by atoms with E-state index in [-0.39, 0.29) is 22.9 Å². The van der Waals surface area contributed by atoms with Gasteiger partial charge in [0.1, 0.15) is 5.69 Å². The molecule has 0 saturated carbocycles. The van der Waals surface area contributed by atoms with Gasteiger partial charge in [-0.05, 0) is 43.2 Å². The van der Waals surface area contributed by atoms with Gasteiger partial charge >= 0.3 is 0 Å². The van der Waals surface area contributed by atoms with Crippen molar-refractivity contribution in [3.05, 3.63) is 58.1 Å². The average molecular weight is 393 g/mol. The molecule has 0 spiro atoms. The molecular formula is C18H23N3O5S. The number of anilines is 2. The zero-order valence-electron chi connectivity index (χ0n) is 15.4. The van der Waals surface area contributed by atoms with E-state index in [1.54, 1.807) is 6.92 Å².